The monoisotopic (exact) mass is 1440 g/mol. The van der Waals surface area contributed by atoms with Gasteiger partial charge < -0.3 is 33.8 Å². The van der Waals surface area contributed by atoms with E-state index in [2.05, 4.69) is 137 Å². The Morgan fingerprint density at radius 2 is 0.560 bits per heavy atom. The lowest BCUT2D eigenvalue weighted by Gasteiger charge is -2.21. The van der Waals surface area contributed by atoms with Gasteiger partial charge in [-0.05, 0) is 122 Å². The third-order valence-corrected chi connectivity index (χ3v) is 17.5. The Morgan fingerprint density at radius 1 is 0.300 bits per heavy atom. The number of aliphatic hydroxyl groups is 1. The van der Waals surface area contributed by atoms with Crippen LogP contribution in [-0.2, 0) is 65.4 Å². The van der Waals surface area contributed by atoms with Crippen molar-refractivity contribution in [2.45, 2.75) is 316 Å². The topological polar surface area (TPSA) is 237 Å². The molecule has 5 atom stereocenters. The van der Waals surface area contributed by atoms with E-state index in [4.69, 9.17) is 37.0 Å². The number of carbonyl (C=O) groups excluding carboxylic acids is 4. The zero-order valence-electron chi connectivity index (χ0n) is 62.3. The molecule has 0 aliphatic rings. The maximum atomic E-state index is 13.1. The van der Waals surface area contributed by atoms with Gasteiger partial charge in [0.25, 0.3) is 0 Å². The number of aliphatic hydroxyl groups excluding tert-OH is 1. The van der Waals surface area contributed by atoms with Crippen LogP contribution in [0.4, 0.5) is 0 Å². The molecule has 0 bridgehead atoms. The van der Waals surface area contributed by atoms with E-state index >= 15 is 0 Å². The molecule has 0 aliphatic heterocycles. The summed E-state index contributed by atoms with van der Waals surface area (Å²) in [7, 11) is -9.99. The van der Waals surface area contributed by atoms with E-state index in [1.165, 1.54) is 57.8 Å². The second kappa shape index (κ2) is 72.5. The molecule has 0 fully saturated rings. The van der Waals surface area contributed by atoms with Crippen LogP contribution in [0.25, 0.3) is 0 Å². The first-order valence-electron chi connectivity index (χ1n) is 38.4. The zero-order valence-corrected chi connectivity index (χ0v) is 64.1. The summed E-state index contributed by atoms with van der Waals surface area (Å²) < 4.78 is 68.3. The largest absolute Gasteiger partial charge is 0.472 e. The number of esters is 4. The van der Waals surface area contributed by atoms with Gasteiger partial charge >= 0.3 is 39.5 Å². The molecule has 19 heteroatoms. The minimum atomic E-state index is -5.01. The van der Waals surface area contributed by atoms with Crippen molar-refractivity contribution in [2.24, 2.45) is 0 Å². The summed E-state index contributed by atoms with van der Waals surface area (Å²) in [5.41, 5.74) is 0. The van der Waals surface area contributed by atoms with Crippen LogP contribution in [0.5, 0.6) is 0 Å². The summed E-state index contributed by atoms with van der Waals surface area (Å²) >= 11 is 0. The number of hydrogen-bond acceptors (Lipinski definition) is 15. The second-order valence-electron chi connectivity index (χ2n) is 25.2. The van der Waals surface area contributed by atoms with Gasteiger partial charge in [0.15, 0.2) is 12.2 Å². The average molecular weight is 1440 g/mol. The molecule has 0 aromatic heterocycles. The summed E-state index contributed by atoms with van der Waals surface area (Å²) in [6, 6.07) is 0. The van der Waals surface area contributed by atoms with Gasteiger partial charge in [0.05, 0.1) is 32.8 Å². The predicted molar refractivity (Wildman–Crippen MR) is 408 cm³/mol. The van der Waals surface area contributed by atoms with E-state index in [0.717, 1.165) is 161 Å². The highest BCUT2D eigenvalue weighted by molar-refractivity contribution is 7.47. The van der Waals surface area contributed by atoms with E-state index < -0.39 is 97.5 Å². The summed E-state index contributed by atoms with van der Waals surface area (Å²) in [5.74, 6) is -2.35. The molecule has 0 heterocycles. The van der Waals surface area contributed by atoms with Crippen molar-refractivity contribution in [3.05, 3.63) is 134 Å². The molecule has 5 unspecified atom stereocenters. The fourth-order valence-electron chi connectivity index (χ4n) is 9.85. The van der Waals surface area contributed by atoms with E-state index in [0.29, 0.717) is 25.7 Å². The molecule has 0 rings (SSSR count). The van der Waals surface area contributed by atoms with Gasteiger partial charge in [0.1, 0.15) is 19.3 Å². The number of unbranched alkanes of at least 4 members (excludes halogenated alkanes) is 24. The molecule has 0 saturated carbocycles. The Hall–Kier alpha value is -4.80. The van der Waals surface area contributed by atoms with Gasteiger partial charge in [-0.25, -0.2) is 9.13 Å². The lowest BCUT2D eigenvalue weighted by Crippen LogP contribution is -2.30. The van der Waals surface area contributed by atoms with Crippen LogP contribution in [0.15, 0.2) is 134 Å². The van der Waals surface area contributed by atoms with E-state index in [1.54, 1.807) is 12.2 Å². The molecule has 0 amide bonds. The quantitative estimate of drug-likeness (QED) is 0.0169. The number of carbonyl (C=O) groups is 4. The summed E-state index contributed by atoms with van der Waals surface area (Å²) in [5, 5.41) is 10.6. The Balaban J connectivity index is 5.41. The molecule has 0 spiro atoms. The fraction of sp³-hybridized carbons (Fsp3) is 0.679. The minimum absolute atomic E-state index is 0.0895. The standard InChI is InChI=1S/C81H136O17P2/c1-5-9-13-17-21-25-29-32-35-36-37-38-41-43-47-50-54-58-62-66-79(84)92-72-77(98-81(86)68-64-60-56-52-48-44-40-34-31-27-23-19-15-11-7-3)74-96-100(89,90)94-70-75(82)69-93-99(87,88)95-73-76(97-80(85)67-63-59-55-51-45-28-24-20-16-12-8-4)71-91-78(83)65-61-57-53-49-46-42-39-33-30-26-22-18-14-10-6-2/h9,11,13,15,21-23,25-27,32-35,37-40,48,52,60,64,75-77,82H,5-8,10,12,14,16-20,24,28-31,36,41-47,49-51,53-59,61-63,65-74H2,1-4H3,(H,87,88)(H,89,90)/b13-9-,15-11-,25-21-,26-22-,27-23-,35-32-,38-37-,39-33-,40-34-,52-48-,64-60-. The van der Waals surface area contributed by atoms with Crippen molar-refractivity contribution < 1.29 is 80.2 Å². The molecule has 0 aromatic rings. The lowest BCUT2D eigenvalue weighted by molar-refractivity contribution is -0.161. The first-order valence-corrected chi connectivity index (χ1v) is 41.4. The van der Waals surface area contributed by atoms with Crippen LogP contribution in [0.3, 0.4) is 0 Å². The Labute approximate surface area is 605 Å². The van der Waals surface area contributed by atoms with E-state index in [-0.39, 0.29) is 25.7 Å². The molecule has 17 nitrogen and oxygen atoms in total. The summed E-state index contributed by atoms with van der Waals surface area (Å²) in [4.78, 5) is 72.8. The number of allylic oxidation sites excluding steroid dienone is 21. The van der Waals surface area contributed by atoms with Gasteiger partial charge in [-0.2, -0.15) is 0 Å². The van der Waals surface area contributed by atoms with Crippen molar-refractivity contribution >= 4 is 39.5 Å². The highest BCUT2D eigenvalue weighted by Gasteiger charge is 2.30. The van der Waals surface area contributed by atoms with Crippen molar-refractivity contribution in [2.75, 3.05) is 39.6 Å². The highest BCUT2D eigenvalue weighted by atomic mass is 31.2. The molecule has 0 saturated heterocycles. The Morgan fingerprint density at radius 3 is 0.910 bits per heavy atom. The molecule has 572 valence electrons. The first-order chi connectivity index (χ1) is 48.7. The van der Waals surface area contributed by atoms with Crippen LogP contribution >= 0.6 is 15.6 Å². The molecule has 0 aromatic carbocycles. The van der Waals surface area contributed by atoms with Crippen LogP contribution in [0.1, 0.15) is 297 Å². The SMILES string of the molecule is CC/C=C\C/C=C\C/C=C\C/C=C\C/C=C\CC(=O)OC(COC(=O)CCCCCCCC/C=C\C/C=C\C/C=C\C/C=C\CC)COP(=O)(O)OCC(O)COP(=O)(O)OCC(COC(=O)CCCCCCC/C=C\C/C=C\CCCCC)OC(=O)CCCCCCCCCCCCC. The van der Waals surface area contributed by atoms with Gasteiger partial charge in [0, 0.05) is 19.3 Å². The number of hydrogen-bond donors (Lipinski definition) is 3. The van der Waals surface area contributed by atoms with Gasteiger partial charge in [-0.15, -0.1) is 0 Å². The normalized spacial score (nSPS) is 14.7. The highest BCUT2D eigenvalue weighted by Crippen LogP contribution is 2.45. The Kier molecular flexibility index (Phi) is 69.1. The summed E-state index contributed by atoms with van der Waals surface area (Å²) in [6.45, 7) is 4.46. The van der Waals surface area contributed by atoms with Crippen LogP contribution in [0, 0.1) is 0 Å². The van der Waals surface area contributed by atoms with Gasteiger partial charge in [-0.1, -0.05) is 283 Å². The third kappa shape index (κ3) is 71.6. The van der Waals surface area contributed by atoms with E-state index in [9.17, 15) is 43.2 Å². The number of phosphoric acid groups is 2. The van der Waals surface area contributed by atoms with Crippen molar-refractivity contribution in [1.82, 2.24) is 0 Å². The fourth-order valence-corrected chi connectivity index (χ4v) is 11.4. The average Bonchev–Trinajstić information content (AvgIpc) is 0.926. The van der Waals surface area contributed by atoms with Crippen molar-refractivity contribution in [3.63, 3.8) is 0 Å². The third-order valence-electron chi connectivity index (χ3n) is 15.6. The van der Waals surface area contributed by atoms with Gasteiger partial charge in [0.2, 0.25) is 0 Å². The number of ether oxygens (including phenoxy) is 4. The van der Waals surface area contributed by atoms with Crippen LogP contribution in [-0.4, -0.2) is 96.7 Å². The van der Waals surface area contributed by atoms with E-state index in [1.807, 2.05) is 12.2 Å². The first kappa shape index (κ1) is 95.2. The molecule has 3 N–H and O–H groups in total. The molecular weight excluding hydrogens is 1310 g/mol. The number of rotatable bonds is 71. The maximum absolute atomic E-state index is 13.1. The summed E-state index contributed by atoms with van der Waals surface area (Å²) in [6.07, 6.45) is 80.5. The minimum Gasteiger partial charge on any atom is -0.462 e. The van der Waals surface area contributed by atoms with Gasteiger partial charge in [-0.3, -0.25) is 37.3 Å². The number of phosphoric ester groups is 2. The van der Waals surface area contributed by atoms with Crippen LogP contribution < -0.4 is 0 Å². The van der Waals surface area contributed by atoms with Crippen molar-refractivity contribution in [1.29, 1.82) is 0 Å². The molecule has 100 heavy (non-hydrogen) atoms. The second-order valence-corrected chi connectivity index (χ2v) is 28.1. The maximum Gasteiger partial charge on any atom is 0.472 e. The smallest absolute Gasteiger partial charge is 0.462 e. The predicted octanol–water partition coefficient (Wildman–Crippen LogP) is 22.1. The van der Waals surface area contributed by atoms with Crippen molar-refractivity contribution in [3.8, 4) is 0 Å². The molecule has 0 radical (unpaired) electrons. The lowest BCUT2D eigenvalue weighted by atomic mass is 10.1. The Bertz CT molecular complexity index is 2420. The molecule has 0 aliphatic carbocycles. The zero-order chi connectivity index (χ0) is 73.2. The van der Waals surface area contributed by atoms with Crippen LogP contribution in [0.2, 0.25) is 0 Å². The molecular formula is C81H136O17P2.